The van der Waals surface area contributed by atoms with E-state index in [9.17, 15) is 0 Å². The number of aromatic nitrogens is 1. The Morgan fingerprint density at radius 2 is 1.59 bits per heavy atom. The Morgan fingerprint density at radius 3 is 2.30 bits per heavy atom. The second kappa shape index (κ2) is 8.85. The van der Waals surface area contributed by atoms with Crippen LogP contribution in [0.1, 0.15) is 46.4 Å². The Morgan fingerprint density at radius 1 is 0.926 bits per heavy atom. The van der Waals surface area contributed by atoms with Crippen LogP contribution in [0.5, 0.6) is 0 Å². The molecule has 2 aromatic carbocycles. The molecular formula is C23H31N3S. The minimum absolute atomic E-state index is 0.328. The maximum absolute atomic E-state index is 4.91. The third kappa shape index (κ3) is 5.08. The Bertz CT molecular complexity index is 853. The molecule has 0 saturated heterocycles. The van der Waals surface area contributed by atoms with Gasteiger partial charge in [0.15, 0.2) is 5.13 Å². The van der Waals surface area contributed by atoms with Gasteiger partial charge in [0.1, 0.15) is 0 Å². The third-order valence-corrected chi connectivity index (χ3v) is 5.50. The van der Waals surface area contributed by atoms with E-state index in [1.807, 2.05) is 0 Å². The van der Waals surface area contributed by atoms with Gasteiger partial charge in [-0.25, -0.2) is 4.98 Å². The molecule has 1 N–H and O–H groups in total. The van der Waals surface area contributed by atoms with Gasteiger partial charge >= 0.3 is 0 Å². The van der Waals surface area contributed by atoms with E-state index in [1.165, 1.54) is 10.8 Å². The van der Waals surface area contributed by atoms with Crippen molar-refractivity contribution in [3.8, 4) is 0 Å². The van der Waals surface area contributed by atoms with Crippen LogP contribution in [0.3, 0.4) is 0 Å². The molecule has 0 aliphatic carbocycles. The van der Waals surface area contributed by atoms with Gasteiger partial charge in [-0.15, -0.1) is 11.3 Å². The van der Waals surface area contributed by atoms with Crippen molar-refractivity contribution in [3.63, 3.8) is 0 Å². The monoisotopic (exact) mass is 381 g/mol. The summed E-state index contributed by atoms with van der Waals surface area (Å²) in [6.45, 7) is 13.6. The molecule has 0 fully saturated rings. The molecule has 0 spiro atoms. The SMILES string of the molecule is CC(C)CN(CC(C)C)C(C)c1csc(Nc2cccc3ccccc23)n1. The number of nitrogens with zero attached hydrogens (tertiary/aromatic N) is 2. The predicted molar refractivity (Wildman–Crippen MR) is 119 cm³/mol. The Hall–Kier alpha value is -1.91. The summed E-state index contributed by atoms with van der Waals surface area (Å²) in [6, 6.07) is 15.1. The van der Waals surface area contributed by atoms with Crippen LogP contribution in [-0.4, -0.2) is 23.0 Å². The molecule has 3 nitrogen and oxygen atoms in total. The van der Waals surface area contributed by atoms with Crippen molar-refractivity contribution in [1.29, 1.82) is 0 Å². The van der Waals surface area contributed by atoms with Gasteiger partial charge in [0.2, 0.25) is 0 Å². The zero-order valence-corrected chi connectivity index (χ0v) is 17.9. The van der Waals surface area contributed by atoms with Crippen LogP contribution in [0.15, 0.2) is 47.8 Å². The number of anilines is 2. The third-order valence-electron chi connectivity index (χ3n) is 4.73. The lowest BCUT2D eigenvalue weighted by Gasteiger charge is -2.31. The summed E-state index contributed by atoms with van der Waals surface area (Å²) in [5.41, 5.74) is 2.27. The average molecular weight is 382 g/mol. The van der Waals surface area contributed by atoms with Gasteiger partial charge in [-0.3, -0.25) is 4.90 Å². The first-order valence-electron chi connectivity index (χ1n) is 9.88. The highest BCUT2D eigenvalue weighted by Crippen LogP contribution is 2.30. The van der Waals surface area contributed by atoms with Gasteiger partial charge in [0, 0.05) is 29.5 Å². The maximum Gasteiger partial charge on any atom is 0.187 e. The standard InChI is InChI=1S/C23H31N3S/c1-16(2)13-26(14-17(3)4)18(5)22-15-27-23(25-22)24-21-12-8-10-19-9-6-7-11-20(19)21/h6-12,15-18H,13-14H2,1-5H3,(H,24,25). The molecule has 1 aromatic heterocycles. The molecule has 3 aromatic rings. The fraction of sp³-hybridized carbons (Fsp3) is 0.435. The molecule has 1 heterocycles. The lowest BCUT2D eigenvalue weighted by Crippen LogP contribution is -2.34. The lowest BCUT2D eigenvalue weighted by molar-refractivity contribution is 0.165. The molecule has 0 aliphatic heterocycles. The number of rotatable bonds is 8. The summed E-state index contributed by atoms with van der Waals surface area (Å²) in [4.78, 5) is 7.48. The minimum atomic E-state index is 0.328. The lowest BCUT2D eigenvalue weighted by atomic mass is 10.1. The molecule has 0 saturated carbocycles. The molecule has 0 aliphatic rings. The van der Waals surface area contributed by atoms with Crippen LogP contribution in [0, 0.1) is 11.8 Å². The molecule has 1 unspecified atom stereocenters. The van der Waals surface area contributed by atoms with E-state index in [2.05, 4.69) is 92.7 Å². The first kappa shape index (κ1) is 19.8. The van der Waals surface area contributed by atoms with E-state index in [0.29, 0.717) is 17.9 Å². The maximum atomic E-state index is 4.91. The Kier molecular flexibility index (Phi) is 6.51. The predicted octanol–water partition coefficient (Wildman–Crippen LogP) is 6.71. The topological polar surface area (TPSA) is 28.2 Å². The van der Waals surface area contributed by atoms with Gasteiger partial charge in [-0.2, -0.15) is 0 Å². The second-order valence-electron chi connectivity index (χ2n) is 8.15. The fourth-order valence-corrected chi connectivity index (χ4v) is 4.31. The number of fused-ring (bicyclic) bond motifs is 1. The smallest absolute Gasteiger partial charge is 0.187 e. The zero-order valence-electron chi connectivity index (χ0n) is 17.1. The first-order chi connectivity index (χ1) is 12.9. The molecular weight excluding hydrogens is 350 g/mol. The fourth-order valence-electron chi connectivity index (χ4n) is 3.50. The molecule has 3 rings (SSSR count). The molecule has 4 heteroatoms. The van der Waals surface area contributed by atoms with Crippen LogP contribution in [0.4, 0.5) is 10.8 Å². The van der Waals surface area contributed by atoms with Crippen LogP contribution in [0.2, 0.25) is 0 Å². The molecule has 0 bridgehead atoms. The van der Waals surface area contributed by atoms with E-state index in [-0.39, 0.29) is 0 Å². The van der Waals surface area contributed by atoms with Crippen molar-refractivity contribution in [1.82, 2.24) is 9.88 Å². The first-order valence-corrected chi connectivity index (χ1v) is 10.8. The van der Waals surface area contributed by atoms with Gasteiger partial charge < -0.3 is 5.32 Å². The van der Waals surface area contributed by atoms with Crippen molar-refractivity contribution >= 4 is 32.9 Å². The van der Waals surface area contributed by atoms with Crippen molar-refractivity contribution in [2.24, 2.45) is 11.8 Å². The highest BCUT2D eigenvalue weighted by Gasteiger charge is 2.20. The average Bonchev–Trinajstić information content (AvgIpc) is 3.08. The largest absolute Gasteiger partial charge is 0.331 e. The second-order valence-corrected chi connectivity index (χ2v) is 9.00. The number of thiazole rings is 1. The van der Waals surface area contributed by atoms with Gasteiger partial charge in [-0.05, 0) is 30.2 Å². The highest BCUT2D eigenvalue weighted by molar-refractivity contribution is 7.13. The summed E-state index contributed by atoms with van der Waals surface area (Å²) in [5, 5.41) is 9.16. The molecule has 1 atom stereocenters. The van der Waals surface area contributed by atoms with Crippen molar-refractivity contribution < 1.29 is 0 Å². The van der Waals surface area contributed by atoms with Crippen LogP contribution in [-0.2, 0) is 0 Å². The van der Waals surface area contributed by atoms with E-state index in [4.69, 9.17) is 4.98 Å². The molecule has 27 heavy (non-hydrogen) atoms. The van der Waals surface area contributed by atoms with Crippen LogP contribution < -0.4 is 5.32 Å². The number of benzene rings is 2. The van der Waals surface area contributed by atoms with Crippen molar-refractivity contribution in [3.05, 3.63) is 53.5 Å². The number of hydrogen-bond acceptors (Lipinski definition) is 4. The molecule has 144 valence electrons. The highest BCUT2D eigenvalue weighted by atomic mass is 32.1. The summed E-state index contributed by atoms with van der Waals surface area (Å²) >= 11 is 1.69. The van der Waals surface area contributed by atoms with E-state index in [1.54, 1.807) is 11.3 Å². The quantitative estimate of drug-likeness (QED) is 0.470. The van der Waals surface area contributed by atoms with Crippen LogP contribution in [0.25, 0.3) is 10.8 Å². The number of hydrogen-bond donors (Lipinski definition) is 1. The Labute approximate surface area is 167 Å². The van der Waals surface area contributed by atoms with Crippen LogP contribution >= 0.6 is 11.3 Å². The van der Waals surface area contributed by atoms with Gasteiger partial charge in [0.05, 0.1) is 11.7 Å². The molecule has 0 radical (unpaired) electrons. The zero-order chi connectivity index (χ0) is 19.4. The number of nitrogens with one attached hydrogen (secondary N) is 1. The molecule has 0 amide bonds. The Balaban J connectivity index is 1.78. The van der Waals surface area contributed by atoms with Crippen molar-refractivity contribution in [2.75, 3.05) is 18.4 Å². The van der Waals surface area contributed by atoms with Crippen molar-refractivity contribution in [2.45, 2.75) is 40.7 Å². The van der Waals surface area contributed by atoms with E-state index in [0.717, 1.165) is 29.6 Å². The normalized spacial score (nSPS) is 13.0. The summed E-state index contributed by atoms with van der Waals surface area (Å²) in [7, 11) is 0. The summed E-state index contributed by atoms with van der Waals surface area (Å²) < 4.78 is 0. The van der Waals surface area contributed by atoms with E-state index < -0.39 is 0 Å². The summed E-state index contributed by atoms with van der Waals surface area (Å²) in [6.07, 6.45) is 0. The van der Waals surface area contributed by atoms with Gasteiger partial charge in [-0.1, -0.05) is 64.1 Å². The summed E-state index contributed by atoms with van der Waals surface area (Å²) in [5.74, 6) is 1.30. The minimum Gasteiger partial charge on any atom is -0.331 e. The van der Waals surface area contributed by atoms with Gasteiger partial charge in [0.25, 0.3) is 0 Å². The van der Waals surface area contributed by atoms with E-state index >= 15 is 0 Å².